The van der Waals surface area contributed by atoms with E-state index in [1.807, 2.05) is 0 Å². The van der Waals surface area contributed by atoms with E-state index in [2.05, 4.69) is 0 Å². The molecule has 106 valence electrons. The van der Waals surface area contributed by atoms with Gasteiger partial charge < -0.3 is 4.57 Å². The summed E-state index contributed by atoms with van der Waals surface area (Å²) < 4.78 is 29.3. The number of ketones is 1. The molecule has 0 aliphatic carbocycles. The molecule has 0 aliphatic rings. The van der Waals surface area contributed by atoms with E-state index in [0.717, 1.165) is 12.1 Å². The molecule has 0 unspecified atom stereocenters. The summed E-state index contributed by atoms with van der Waals surface area (Å²) >= 11 is 5.55. The quantitative estimate of drug-likeness (QED) is 0.617. The Hall–Kier alpha value is -1.68. The van der Waals surface area contributed by atoms with Crippen molar-refractivity contribution >= 4 is 17.4 Å². The number of hydrogen-bond acceptors (Lipinski definition) is 1. The second-order valence-corrected chi connectivity index (χ2v) is 5.00. The first-order valence-electron chi connectivity index (χ1n) is 6.11. The van der Waals surface area contributed by atoms with Gasteiger partial charge >= 0.3 is 0 Å². The zero-order chi connectivity index (χ0) is 15.0. The third-order valence-corrected chi connectivity index (χ3v) is 3.56. The molecule has 0 bridgehead atoms. The molecule has 0 radical (unpaired) electrons. The van der Waals surface area contributed by atoms with Gasteiger partial charge in [0.25, 0.3) is 0 Å². The SMILES string of the molecule is Cc1cc(F)c(-n2c(C)cc(C(=O)CCl)c2C)cc1F. The molecule has 0 saturated heterocycles. The van der Waals surface area contributed by atoms with E-state index in [4.69, 9.17) is 11.6 Å². The van der Waals surface area contributed by atoms with Gasteiger partial charge in [-0.05, 0) is 38.5 Å². The molecule has 1 aromatic carbocycles. The molecule has 1 aromatic heterocycles. The molecule has 0 spiro atoms. The van der Waals surface area contributed by atoms with Crippen LogP contribution < -0.4 is 0 Å². The lowest BCUT2D eigenvalue weighted by molar-refractivity contribution is 0.102. The Morgan fingerprint density at radius 3 is 2.40 bits per heavy atom. The summed E-state index contributed by atoms with van der Waals surface area (Å²) in [4.78, 5) is 11.7. The van der Waals surface area contributed by atoms with Crippen molar-refractivity contribution in [1.29, 1.82) is 0 Å². The van der Waals surface area contributed by atoms with Crippen LogP contribution in [-0.2, 0) is 0 Å². The number of hydrogen-bond donors (Lipinski definition) is 0. The maximum atomic E-state index is 14.1. The molecule has 0 N–H and O–H groups in total. The van der Waals surface area contributed by atoms with Crippen molar-refractivity contribution in [1.82, 2.24) is 4.57 Å². The molecule has 0 saturated carbocycles. The lowest BCUT2D eigenvalue weighted by Crippen LogP contribution is -2.06. The normalized spacial score (nSPS) is 10.9. The van der Waals surface area contributed by atoms with E-state index in [9.17, 15) is 13.6 Å². The number of benzene rings is 1. The molecular weight excluding hydrogens is 284 g/mol. The molecule has 0 amide bonds. The van der Waals surface area contributed by atoms with Gasteiger partial charge in [0.1, 0.15) is 11.6 Å². The van der Waals surface area contributed by atoms with Crippen LogP contribution in [0.5, 0.6) is 0 Å². The van der Waals surface area contributed by atoms with Gasteiger partial charge in [0.15, 0.2) is 5.78 Å². The van der Waals surface area contributed by atoms with Crippen LogP contribution in [0.15, 0.2) is 18.2 Å². The Morgan fingerprint density at radius 2 is 1.80 bits per heavy atom. The topological polar surface area (TPSA) is 22.0 Å². The Kier molecular flexibility index (Phi) is 3.95. The van der Waals surface area contributed by atoms with E-state index < -0.39 is 11.6 Å². The van der Waals surface area contributed by atoms with Crippen LogP contribution in [0.3, 0.4) is 0 Å². The first-order valence-corrected chi connectivity index (χ1v) is 6.64. The number of carbonyl (C=O) groups is 1. The van der Waals surface area contributed by atoms with Gasteiger partial charge in [-0.2, -0.15) is 0 Å². The first-order chi connectivity index (χ1) is 9.36. The summed E-state index contributed by atoms with van der Waals surface area (Å²) in [5.41, 5.74) is 1.97. The van der Waals surface area contributed by atoms with Crippen LogP contribution in [0.25, 0.3) is 5.69 Å². The van der Waals surface area contributed by atoms with Crippen LogP contribution in [0.2, 0.25) is 0 Å². The minimum atomic E-state index is -0.532. The van der Waals surface area contributed by atoms with Crippen molar-refractivity contribution in [3.05, 3.63) is 52.3 Å². The van der Waals surface area contributed by atoms with E-state index in [0.29, 0.717) is 17.0 Å². The van der Waals surface area contributed by atoms with Gasteiger partial charge in [-0.1, -0.05) is 0 Å². The van der Waals surface area contributed by atoms with Crippen LogP contribution in [-0.4, -0.2) is 16.2 Å². The number of alkyl halides is 1. The Bertz CT molecular complexity index is 692. The minimum Gasteiger partial charge on any atom is -0.315 e. The van der Waals surface area contributed by atoms with E-state index in [-0.39, 0.29) is 22.9 Å². The highest BCUT2D eigenvalue weighted by Gasteiger charge is 2.18. The second kappa shape index (κ2) is 5.37. The van der Waals surface area contributed by atoms with Crippen LogP contribution in [0, 0.1) is 32.4 Å². The fraction of sp³-hybridized carbons (Fsp3) is 0.267. The molecule has 20 heavy (non-hydrogen) atoms. The molecule has 2 nitrogen and oxygen atoms in total. The van der Waals surface area contributed by atoms with Crippen molar-refractivity contribution in [3.63, 3.8) is 0 Å². The Balaban J connectivity index is 2.68. The van der Waals surface area contributed by atoms with Gasteiger partial charge in [0, 0.05) is 23.0 Å². The largest absolute Gasteiger partial charge is 0.315 e. The number of nitrogens with zero attached hydrogens (tertiary/aromatic N) is 1. The third-order valence-electron chi connectivity index (χ3n) is 3.32. The molecule has 2 aromatic rings. The van der Waals surface area contributed by atoms with Crippen LogP contribution in [0.4, 0.5) is 8.78 Å². The summed E-state index contributed by atoms with van der Waals surface area (Å²) in [5.74, 6) is -1.40. The standard InChI is InChI=1S/C15H14ClF2NO/c1-8-4-13(18)14(6-12(8)17)19-9(2)5-11(10(19)3)15(20)7-16/h4-6H,7H2,1-3H3. The van der Waals surface area contributed by atoms with Crippen molar-refractivity contribution in [2.24, 2.45) is 0 Å². The monoisotopic (exact) mass is 297 g/mol. The fourth-order valence-corrected chi connectivity index (χ4v) is 2.44. The van der Waals surface area contributed by atoms with Gasteiger partial charge in [0.05, 0.1) is 11.6 Å². The Labute approximate surface area is 121 Å². The van der Waals surface area contributed by atoms with E-state index in [1.165, 1.54) is 11.5 Å². The molecule has 1 heterocycles. The number of halogens is 3. The highest BCUT2D eigenvalue weighted by molar-refractivity contribution is 6.30. The number of rotatable bonds is 3. The maximum absolute atomic E-state index is 14.1. The lowest BCUT2D eigenvalue weighted by atomic mass is 10.1. The van der Waals surface area contributed by atoms with E-state index in [1.54, 1.807) is 19.9 Å². The number of aryl methyl sites for hydroxylation is 2. The summed E-state index contributed by atoms with van der Waals surface area (Å²) in [7, 11) is 0. The predicted octanol–water partition coefficient (Wildman–Crippen LogP) is 4.10. The maximum Gasteiger partial charge on any atom is 0.179 e. The smallest absolute Gasteiger partial charge is 0.179 e. The molecule has 5 heteroatoms. The average Bonchev–Trinajstić information content (AvgIpc) is 2.69. The number of aromatic nitrogens is 1. The predicted molar refractivity (Wildman–Crippen MR) is 74.9 cm³/mol. The fourth-order valence-electron chi connectivity index (χ4n) is 2.29. The lowest BCUT2D eigenvalue weighted by Gasteiger charge is -2.12. The molecular formula is C15H14ClF2NO. The van der Waals surface area contributed by atoms with Crippen molar-refractivity contribution in [2.75, 3.05) is 5.88 Å². The zero-order valence-corrected chi connectivity index (χ0v) is 12.2. The number of carbonyl (C=O) groups excluding carboxylic acids is 1. The molecule has 0 aliphatic heterocycles. The van der Waals surface area contributed by atoms with E-state index >= 15 is 0 Å². The molecule has 0 atom stereocenters. The highest BCUT2D eigenvalue weighted by atomic mass is 35.5. The van der Waals surface area contributed by atoms with Crippen LogP contribution >= 0.6 is 11.6 Å². The average molecular weight is 298 g/mol. The zero-order valence-electron chi connectivity index (χ0n) is 11.4. The first kappa shape index (κ1) is 14.7. The van der Waals surface area contributed by atoms with Gasteiger partial charge in [-0.3, -0.25) is 4.79 Å². The third kappa shape index (κ3) is 2.36. The molecule has 0 fully saturated rings. The van der Waals surface area contributed by atoms with Crippen LogP contribution in [0.1, 0.15) is 27.3 Å². The second-order valence-electron chi connectivity index (χ2n) is 4.73. The summed E-state index contributed by atoms with van der Waals surface area (Å²) in [5, 5.41) is 0. The highest BCUT2D eigenvalue weighted by Crippen LogP contribution is 2.25. The summed E-state index contributed by atoms with van der Waals surface area (Å²) in [6, 6.07) is 3.92. The van der Waals surface area contributed by atoms with Gasteiger partial charge in [-0.15, -0.1) is 11.6 Å². The Morgan fingerprint density at radius 1 is 1.15 bits per heavy atom. The van der Waals surface area contributed by atoms with Crippen molar-refractivity contribution in [3.8, 4) is 5.69 Å². The van der Waals surface area contributed by atoms with Gasteiger partial charge in [0.2, 0.25) is 0 Å². The minimum absolute atomic E-state index is 0.0942. The van der Waals surface area contributed by atoms with Gasteiger partial charge in [-0.25, -0.2) is 8.78 Å². The van der Waals surface area contributed by atoms with Crippen molar-refractivity contribution in [2.45, 2.75) is 20.8 Å². The molecule has 2 rings (SSSR count). The summed E-state index contributed by atoms with van der Waals surface area (Å²) in [6.45, 7) is 4.92. The van der Waals surface area contributed by atoms with Crippen molar-refractivity contribution < 1.29 is 13.6 Å². The number of Topliss-reactive ketones (excluding diaryl/α,β-unsaturated/α-hetero) is 1. The summed E-state index contributed by atoms with van der Waals surface area (Å²) in [6.07, 6.45) is 0.